The second kappa shape index (κ2) is 9.42. The van der Waals surface area contributed by atoms with Gasteiger partial charge in [-0.25, -0.2) is 4.39 Å². The van der Waals surface area contributed by atoms with Gasteiger partial charge in [0.2, 0.25) is 0 Å². The smallest absolute Gasteiger partial charge is 0.119 e. The summed E-state index contributed by atoms with van der Waals surface area (Å²) in [5, 5.41) is 0. The van der Waals surface area contributed by atoms with Crippen LogP contribution in [0.15, 0.2) is 42.5 Å². The first-order valence-corrected chi connectivity index (χ1v) is 13.8. The predicted molar refractivity (Wildman–Crippen MR) is 138 cm³/mol. The molecule has 3 fully saturated rings. The van der Waals surface area contributed by atoms with Gasteiger partial charge in [-0.15, -0.1) is 0 Å². The van der Waals surface area contributed by atoms with Gasteiger partial charge in [-0.05, 0) is 123 Å². The molecule has 3 nitrogen and oxygen atoms in total. The molecule has 0 unspecified atom stereocenters. The summed E-state index contributed by atoms with van der Waals surface area (Å²) < 4.78 is 27.0. The number of fused-ring (bicyclic) bond motifs is 5. The van der Waals surface area contributed by atoms with Crippen molar-refractivity contribution >= 4 is 0 Å². The van der Waals surface area contributed by atoms with E-state index in [2.05, 4.69) is 54.3 Å². The molecule has 0 bridgehead atoms. The van der Waals surface area contributed by atoms with E-state index in [0.29, 0.717) is 23.7 Å². The fourth-order valence-electron chi connectivity index (χ4n) is 8.19. The van der Waals surface area contributed by atoms with Gasteiger partial charge in [0.1, 0.15) is 24.3 Å². The molecule has 188 valence electrons. The van der Waals surface area contributed by atoms with E-state index < -0.39 is 6.17 Å². The number of halogens is 1. The standard InChI is InChI=1S/C31H40FNO2/c1-31-20-27(21-5-8-23(9-6-21)35-18-17-33-15-3-4-16-33)30-25-12-10-24(34-2)19-22(25)7-11-26(30)28(31)13-14-29(31)32/h5-6,8-10,12,19,26-30H,3-4,7,11,13-18,20H2,1-2H3/t26-,27+,28-,29+,30+,31-/m0/s1. The lowest BCUT2D eigenvalue weighted by molar-refractivity contribution is 0.00138. The van der Waals surface area contributed by atoms with E-state index in [1.54, 1.807) is 7.11 Å². The Bertz CT molecular complexity index is 1030. The van der Waals surface area contributed by atoms with E-state index in [0.717, 1.165) is 56.8 Å². The van der Waals surface area contributed by atoms with Crippen LogP contribution in [-0.2, 0) is 6.42 Å². The molecule has 35 heavy (non-hydrogen) atoms. The number of likely N-dealkylation sites (tertiary alicyclic amines) is 1. The van der Waals surface area contributed by atoms with Crippen molar-refractivity contribution < 1.29 is 13.9 Å². The lowest BCUT2D eigenvalue weighted by Gasteiger charge is -2.53. The molecule has 4 heteroatoms. The van der Waals surface area contributed by atoms with E-state index in [1.807, 2.05) is 0 Å². The minimum atomic E-state index is -0.679. The van der Waals surface area contributed by atoms with Gasteiger partial charge < -0.3 is 9.47 Å². The Morgan fingerprint density at radius 3 is 2.54 bits per heavy atom. The Morgan fingerprint density at radius 1 is 1.00 bits per heavy atom. The Balaban J connectivity index is 1.27. The molecule has 6 atom stereocenters. The molecule has 0 aromatic heterocycles. The molecule has 0 spiro atoms. The summed E-state index contributed by atoms with van der Waals surface area (Å²) in [7, 11) is 1.75. The van der Waals surface area contributed by atoms with Crippen molar-refractivity contribution in [3.05, 3.63) is 59.2 Å². The molecule has 2 saturated carbocycles. The summed E-state index contributed by atoms with van der Waals surface area (Å²) in [4.78, 5) is 2.48. The SMILES string of the molecule is COc1ccc2c(c1)CC[C@@H]1[C@@H]2[C@@H](c2ccc(OCCN3CCCC3)cc2)C[C@]2(C)[C@H](F)CC[C@@H]12. The van der Waals surface area contributed by atoms with Crippen molar-refractivity contribution in [3.8, 4) is 11.5 Å². The second-order valence-corrected chi connectivity index (χ2v) is 11.7. The first-order valence-electron chi connectivity index (χ1n) is 13.8. The number of alkyl halides is 1. The van der Waals surface area contributed by atoms with E-state index >= 15 is 4.39 Å². The molecule has 0 amide bonds. The van der Waals surface area contributed by atoms with Gasteiger partial charge in [-0.2, -0.15) is 0 Å². The number of ether oxygens (including phenoxy) is 2. The number of hydrogen-bond acceptors (Lipinski definition) is 3. The number of rotatable bonds is 6. The molecule has 3 aliphatic carbocycles. The average molecular weight is 478 g/mol. The third-order valence-electron chi connectivity index (χ3n) is 10.0. The molecule has 6 rings (SSSR count). The second-order valence-electron chi connectivity index (χ2n) is 11.7. The van der Waals surface area contributed by atoms with Crippen LogP contribution in [0.5, 0.6) is 11.5 Å². The van der Waals surface area contributed by atoms with Crippen LogP contribution >= 0.6 is 0 Å². The highest BCUT2D eigenvalue weighted by molar-refractivity contribution is 5.44. The zero-order valence-corrected chi connectivity index (χ0v) is 21.3. The van der Waals surface area contributed by atoms with Crippen LogP contribution in [-0.4, -0.2) is 44.4 Å². The molecule has 1 aliphatic heterocycles. The summed E-state index contributed by atoms with van der Waals surface area (Å²) in [6, 6.07) is 15.5. The molecule has 1 heterocycles. The molecular weight excluding hydrogens is 437 g/mol. The normalized spacial score (nSPS) is 34.2. The van der Waals surface area contributed by atoms with Crippen LogP contribution < -0.4 is 9.47 Å². The van der Waals surface area contributed by atoms with Gasteiger partial charge in [0.25, 0.3) is 0 Å². The molecule has 0 radical (unpaired) electrons. The topological polar surface area (TPSA) is 21.7 Å². The van der Waals surface area contributed by atoms with Crippen LogP contribution in [0.1, 0.15) is 74.0 Å². The molecule has 2 aromatic rings. The van der Waals surface area contributed by atoms with Gasteiger partial charge in [-0.3, -0.25) is 4.90 Å². The fraction of sp³-hybridized carbons (Fsp3) is 0.613. The van der Waals surface area contributed by atoms with E-state index in [9.17, 15) is 0 Å². The minimum absolute atomic E-state index is 0.208. The van der Waals surface area contributed by atoms with Gasteiger partial charge in [0.15, 0.2) is 0 Å². The van der Waals surface area contributed by atoms with Crippen LogP contribution in [0.25, 0.3) is 0 Å². The third-order valence-corrected chi connectivity index (χ3v) is 10.0. The average Bonchev–Trinajstić information content (AvgIpc) is 3.51. The highest BCUT2D eigenvalue weighted by Gasteiger charge is 2.58. The molecular formula is C31H40FNO2. The first kappa shape index (κ1) is 23.3. The molecule has 1 saturated heterocycles. The quantitative estimate of drug-likeness (QED) is 0.459. The first-order chi connectivity index (χ1) is 17.1. The summed E-state index contributed by atoms with van der Waals surface area (Å²) in [5.74, 6) is 3.72. The van der Waals surface area contributed by atoms with E-state index in [1.165, 1.54) is 42.6 Å². The maximum atomic E-state index is 15.4. The predicted octanol–water partition coefficient (Wildman–Crippen LogP) is 6.76. The zero-order valence-electron chi connectivity index (χ0n) is 21.3. The molecule has 2 aromatic carbocycles. The Hall–Kier alpha value is -2.07. The summed E-state index contributed by atoms with van der Waals surface area (Å²) in [6.07, 6.45) is 6.89. The van der Waals surface area contributed by atoms with Gasteiger partial charge in [0, 0.05) is 12.0 Å². The van der Waals surface area contributed by atoms with Crippen molar-refractivity contribution in [1.82, 2.24) is 4.90 Å². The lowest BCUT2D eigenvalue weighted by atomic mass is 9.51. The van der Waals surface area contributed by atoms with Crippen molar-refractivity contribution in [1.29, 1.82) is 0 Å². The third kappa shape index (κ3) is 4.16. The van der Waals surface area contributed by atoms with Crippen LogP contribution in [0.2, 0.25) is 0 Å². The number of nitrogens with zero attached hydrogens (tertiary/aromatic N) is 1. The maximum absolute atomic E-state index is 15.4. The Kier molecular flexibility index (Phi) is 6.28. The van der Waals surface area contributed by atoms with Crippen molar-refractivity contribution in [3.63, 3.8) is 0 Å². The van der Waals surface area contributed by atoms with Crippen molar-refractivity contribution in [2.75, 3.05) is 33.4 Å². The monoisotopic (exact) mass is 477 g/mol. The van der Waals surface area contributed by atoms with Crippen molar-refractivity contribution in [2.45, 2.75) is 69.9 Å². The maximum Gasteiger partial charge on any atom is 0.119 e. The summed E-state index contributed by atoms with van der Waals surface area (Å²) in [6.45, 7) is 6.40. The lowest BCUT2D eigenvalue weighted by Crippen LogP contribution is -2.46. The zero-order chi connectivity index (χ0) is 24.0. The number of hydrogen-bond donors (Lipinski definition) is 0. The van der Waals surface area contributed by atoms with Gasteiger partial charge in [-0.1, -0.05) is 25.1 Å². The van der Waals surface area contributed by atoms with Gasteiger partial charge in [0.05, 0.1) is 7.11 Å². The summed E-state index contributed by atoms with van der Waals surface area (Å²) in [5.41, 5.74) is 4.04. The number of aryl methyl sites for hydroxylation is 1. The minimum Gasteiger partial charge on any atom is -0.497 e. The molecule has 0 N–H and O–H groups in total. The molecule has 4 aliphatic rings. The fourth-order valence-corrected chi connectivity index (χ4v) is 8.19. The van der Waals surface area contributed by atoms with E-state index in [-0.39, 0.29) is 5.41 Å². The van der Waals surface area contributed by atoms with Crippen LogP contribution in [0, 0.1) is 17.3 Å². The van der Waals surface area contributed by atoms with Crippen molar-refractivity contribution in [2.24, 2.45) is 17.3 Å². The number of benzene rings is 2. The van der Waals surface area contributed by atoms with Crippen LogP contribution in [0.4, 0.5) is 4.39 Å². The van der Waals surface area contributed by atoms with Gasteiger partial charge >= 0.3 is 0 Å². The van der Waals surface area contributed by atoms with E-state index in [4.69, 9.17) is 9.47 Å². The number of methoxy groups -OCH3 is 1. The highest BCUT2D eigenvalue weighted by Crippen LogP contribution is 2.65. The highest BCUT2D eigenvalue weighted by atomic mass is 19.1. The summed E-state index contributed by atoms with van der Waals surface area (Å²) >= 11 is 0. The Labute approximate surface area is 210 Å². The van der Waals surface area contributed by atoms with Crippen LogP contribution in [0.3, 0.4) is 0 Å². The Morgan fingerprint density at radius 2 is 1.77 bits per heavy atom. The largest absolute Gasteiger partial charge is 0.497 e.